The number of hydrogen-bond donors (Lipinski definition) is 0. The Hall–Kier alpha value is -0.860. The molecule has 0 aliphatic rings. The molecule has 0 aromatic heterocycles. The molecule has 0 spiro atoms. The van der Waals surface area contributed by atoms with E-state index in [1.165, 1.54) is 11.1 Å². The second-order valence-electron chi connectivity index (χ2n) is 3.95. The van der Waals surface area contributed by atoms with E-state index in [2.05, 4.69) is 38.1 Å². The Bertz CT molecular complexity index is 268. The van der Waals surface area contributed by atoms with E-state index < -0.39 is 0 Å². The van der Waals surface area contributed by atoms with Gasteiger partial charge in [-0.3, -0.25) is 0 Å². The molecule has 0 fully saturated rings. The minimum Gasteiger partial charge on any atom is -0.353 e. The molecular weight excluding hydrogens is 224 g/mol. The molecule has 0 bridgehead atoms. The van der Waals surface area contributed by atoms with Crippen molar-refractivity contribution >= 4 is 0 Å². The summed E-state index contributed by atoms with van der Waals surface area (Å²) in [5, 5.41) is 0. The highest BCUT2D eigenvalue weighted by Gasteiger charge is 1.95. The summed E-state index contributed by atoms with van der Waals surface area (Å²) in [4.78, 5) is 0. The summed E-state index contributed by atoms with van der Waals surface area (Å²) in [5.74, 6) is 0. The third kappa shape index (κ3) is 7.46. The highest BCUT2D eigenvalue weighted by atomic mass is 16.7. The van der Waals surface area contributed by atoms with Gasteiger partial charge in [-0.1, -0.05) is 38.1 Å². The van der Waals surface area contributed by atoms with Crippen LogP contribution < -0.4 is 0 Å². The zero-order valence-electron chi connectivity index (χ0n) is 12.5. The fraction of sp³-hybridized carbons (Fsp3) is 0.625. The fourth-order valence-electron chi connectivity index (χ4n) is 1.76. The number of aryl methyl sites for hydroxylation is 2. The zero-order chi connectivity index (χ0) is 13.8. The van der Waals surface area contributed by atoms with E-state index in [0.717, 1.165) is 26.1 Å². The molecule has 0 N–H and O–H groups in total. The molecule has 1 aromatic rings. The zero-order valence-corrected chi connectivity index (χ0v) is 12.5. The van der Waals surface area contributed by atoms with Gasteiger partial charge in [0.1, 0.15) is 0 Å². The molecule has 0 aliphatic carbocycles. The van der Waals surface area contributed by atoms with E-state index in [4.69, 9.17) is 9.47 Å². The molecule has 104 valence electrons. The molecule has 0 unspecified atom stereocenters. The lowest BCUT2D eigenvalue weighted by Crippen LogP contribution is -2.11. The van der Waals surface area contributed by atoms with E-state index in [1.54, 1.807) is 0 Å². The van der Waals surface area contributed by atoms with Gasteiger partial charge in [-0.25, -0.2) is 0 Å². The second-order valence-corrected chi connectivity index (χ2v) is 3.95. The van der Waals surface area contributed by atoms with E-state index in [1.807, 2.05) is 20.8 Å². The van der Waals surface area contributed by atoms with Crippen molar-refractivity contribution in [2.24, 2.45) is 0 Å². The van der Waals surface area contributed by atoms with Gasteiger partial charge in [0, 0.05) is 13.2 Å². The average Bonchev–Trinajstić information content (AvgIpc) is 2.40. The maximum absolute atomic E-state index is 5.06. The largest absolute Gasteiger partial charge is 0.353 e. The van der Waals surface area contributed by atoms with Crippen LogP contribution in [0, 0.1) is 0 Å². The maximum Gasteiger partial charge on any atom is 0.154 e. The standard InChI is InChI=1S/C10H14.C6H14O2/c1-3-9-7-5-6-8-10(9)4-2;1-4-7-6(3)8-5-2/h5-8H,3-4H2,1-2H3;6H,4-5H2,1-3H3. The number of hydrogen-bond acceptors (Lipinski definition) is 2. The smallest absolute Gasteiger partial charge is 0.154 e. The first kappa shape index (κ1) is 17.1. The minimum atomic E-state index is -0.0370. The molecule has 1 rings (SSSR count). The topological polar surface area (TPSA) is 18.5 Å². The molecule has 2 heteroatoms. The maximum atomic E-state index is 5.06. The average molecular weight is 252 g/mol. The van der Waals surface area contributed by atoms with Gasteiger partial charge < -0.3 is 9.47 Å². The third-order valence-corrected chi connectivity index (χ3v) is 2.68. The van der Waals surface area contributed by atoms with Crippen molar-refractivity contribution in [2.45, 2.75) is 53.8 Å². The SMILES string of the molecule is CCOC(C)OCC.CCc1ccccc1CC. The molecule has 0 saturated carbocycles. The third-order valence-electron chi connectivity index (χ3n) is 2.68. The Morgan fingerprint density at radius 3 is 1.50 bits per heavy atom. The van der Waals surface area contributed by atoms with Crippen molar-refractivity contribution in [1.29, 1.82) is 0 Å². The van der Waals surface area contributed by atoms with E-state index >= 15 is 0 Å². The quantitative estimate of drug-likeness (QED) is 0.706. The van der Waals surface area contributed by atoms with Gasteiger partial charge in [-0.05, 0) is 44.7 Å². The molecule has 0 amide bonds. The van der Waals surface area contributed by atoms with Crippen LogP contribution in [0.15, 0.2) is 24.3 Å². The summed E-state index contributed by atoms with van der Waals surface area (Å²) in [6.45, 7) is 11.7. The summed E-state index contributed by atoms with van der Waals surface area (Å²) < 4.78 is 10.1. The van der Waals surface area contributed by atoms with Crippen molar-refractivity contribution in [1.82, 2.24) is 0 Å². The van der Waals surface area contributed by atoms with Crippen LogP contribution in [-0.4, -0.2) is 19.5 Å². The van der Waals surface area contributed by atoms with E-state index in [-0.39, 0.29) is 6.29 Å². The van der Waals surface area contributed by atoms with Crippen molar-refractivity contribution < 1.29 is 9.47 Å². The van der Waals surface area contributed by atoms with Gasteiger partial charge >= 0.3 is 0 Å². The van der Waals surface area contributed by atoms with Gasteiger partial charge in [-0.2, -0.15) is 0 Å². The summed E-state index contributed by atoms with van der Waals surface area (Å²) in [5.41, 5.74) is 2.98. The Labute approximate surface area is 112 Å². The highest BCUT2D eigenvalue weighted by Crippen LogP contribution is 2.08. The van der Waals surface area contributed by atoms with Crippen LogP contribution in [0.3, 0.4) is 0 Å². The molecule has 1 aromatic carbocycles. The first-order valence-corrected chi connectivity index (χ1v) is 6.99. The van der Waals surface area contributed by atoms with Crippen LogP contribution in [0.1, 0.15) is 45.7 Å². The normalized spacial score (nSPS) is 10.1. The number of ether oxygens (including phenoxy) is 2. The summed E-state index contributed by atoms with van der Waals surface area (Å²) >= 11 is 0. The van der Waals surface area contributed by atoms with Gasteiger partial charge in [0.2, 0.25) is 0 Å². The van der Waals surface area contributed by atoms with Crippen LogP contribution >= 0.6 is 0 Å². The second kappa shape index (κ2) is 11.2. The molecule has 2 nitrogen and oxygen atoms in total. The molecule has 0 aliphatic heterocycles. The van der Waals surface area contributed by atoms with Gasteiger partial charge in [-0.15, -0.1) is 0 Å². The van der Waals surface area contributed by atoms with Crippen molar-refractivity contribution in [3.05, 3.63) is 35.4 Å². The highest BCUT2D eigenvalue weighted by molar-refractivity contribution is 5.26. The Morgan fingerprint density at radius 2 is 1.22 bits per heavy atom. The summed E-state index contributed by atoms with van der Waals surface area (Å²) in [7, 11) is 0. The first-order chi connectivity index (χ1) is 8.69. The van der Waals surface area contributed by atoms with E-state index in [9.17, 15) is 0 Å². The Kier molecular flexibility index (Phi) is 10.7. The van der Waals surface area contributed by atoms with Crippen LogP contribution in [0.4, 0.5) is 0 Å². The molecular formula is C16H28O2. The molecule has 0 heterocycles. The molecule has 0 atom stereocenters. The van der Waals surface area contributed by atoms with Crippen LogP contribution in [-0.2, 0) is 22.3 Å². The number of benzene rings is 1. The van der Waals surface area contributed by atoms with Crippen LogP contribution in [0.5, 0.6) is 0 Å². The van der Waals surface area contributed by atoms with Crippen molar-refractivity contribution in [2.75, 3.05) is 13.2 Å². The lowest BCUT2D eigenvalue weighted by atomic mass is 10.0. The summed E-state index contributed by atoms with van der Waals surface area (Å²) in [6.07, 6.45) is 2.28. The predicted octanol–water partition coefficient (Wildman–Crippen LogP) is 4.22. The first-order valence-electron chi connectivity index (χ1n) is 6.99. The van der Waals surface area contributed by atoms with Gasteiger partial charge in [0.25, 0.3) is 0 Å². The minimum absolute atomic E-state index is 0.0370. The fourth-order valence-corrected chi connectivity index (χ4v) is 1.76. The van der Waals surface area contributed by atoms with Gasteiger partial charge in [0.05, 0.1) is 0 Å². The van der Waals surface area contributed by atoms with Crippen LogP contribution in [0.25, 0.3) is 0 Å². The Balaban J connectivity index is 0.000000331. The van der Waals surface area contributed by atoms with Crippen molar-refractivity contribution in [3.63, 3.8) is 0 Å². The monoisotopic (exact) mass is 252 g/mol. The predicted molar refractivity (Wildman–Crippen MR) is 77.9 cm³/mol. The summed E-state index contributed by atoms with van der Waals surface area (Å²) in [6, 6.07) is 8.63. The molecule has 0 saturated heterocycles. The lowest BCUT2D eigenvalue weighted by Gasteiger charge is -2.09. The number of rotatable bonds is 6. The molecule has 0 radical (unpaired) electrons. The van der Waals surface area contributed by atoms with Crippen molar-refractivity contribution in [3.8, 4) is 0 Å². The van der Waals surface area contributed by atoms with Gasteiger partial charge in [0.15, 0.2) is 6.29 Å². The Morgan fingerprint density at radius 1 is 0.833 bits per heavy atom. The lowest BCUT2D eigenvalue weighted by molar-refractivity contribution is -0.123. The van der Waals surface area contributed by atoms with Crippen LogP contribution in [0.2, 0.25) is 0 Å². The van der Waals surface area contributed by atoms with E-state index in [0.29, 0.717) is 0 Å². The molecule has 18 heavy (non-hydrogen) atoms.